The Morgan fingerprint density at radius 2 is 1.91 bits per heavy atom. The van der Waals surface area contributed by atoms with Crippen LogP contribution in [0.1, 0.15) is 17.2 Å². The summed E-state index contributed by atoms with van der Waals surface area (Å²) < 4.78 is 2.82. The molecule has 0 unspecified atom stereocenters. The molecule has 0 fully saturated rings. The maximum absolute atomic E-state index is 4.11. The van der Waals surface area contributed by atoms with Gasteiger partial charge in [0.25, 0.3) is 0 Å². The summed E-state index contributed by atoms with van der Waals surface area (Å²) in [5.41, 5.74) is 3.24. The van der Waals surface area contributed by atoms with Crippen LogP contribution in [0, 0.1) is 0 Å². The van der Waals surface area contributed by atoms with E-state index >= 15 is 0 Å². The monoisotopic (exact) mass is 353 g/mol. The normalized spacial score (nSPS) is 16.6. The highest BCUT2D eigenvalue weighted by Crippen LogP contribution is 2.32. The van der Waals surface area contributed by atoms with Crippen molar-refractivity contribution in [1.82, 2.24) is 20.2 Å². The standard InChI is InChI=1S/C16H12BrN5/c17-13-8-4-7-12(9-13)15-10-14(11-5-2-1-3-6-11)18-16-19-20-21-22(15)16/h1-10,15H,(H,18,19,21)/t15-/m1/s1. The molecule has 1 aromatic heterocycles. The van der Waals surface area contributed by atoms with Crippen molar-refractivity contribution in [3.05, 3.63) is 76.3 Å². The fraction of sp³-hybridized carbons (Fsp3) is 0.0625. The van der Waals surface area contributed by atoms with Gasteiger partial charge in [0.05, 0.1) is 0 Å². The Balaban J connectivity index is 1.83. The minimum atomic E-state index is -0.0426. The summed E-state index contributed by atoms with van der Waals surface area (Å²) in [7, 11) is 0. The highest BCUT2D eigenvalue weighted by molar-refractivity contribution is 9.10. The number of allylic oxidation sites excluding steroid dienone is 1. The minimum absolute atomic E-state index is 0.0426. The van der Waals surface area contributed by atoms with E-state index in [9.17, 15) is 0 Å². The van der Waals surface area contributed by atoms with Gasteiger partial charge in [-0.1, -0.05) is 63.5 Å². The molecule has 0 saturated heterocycles. The molecule has 0 spiro atoms. The Morgan fingerprint density at radius 3 is 2.73 bits per heavy atom. The first kappa shape index (κ1) is 13.2. The second-order valence-electron chi connectivity index (χ2n) is 5.02. The van der Waals surface area contributed by atoms with E-state index < -0.39 is 0 Å². The minimum Gasteiger partial charge on any atom is -0.323 e. The summed E-state index contributed by atoms with van der Waals surface area (Å²) in [5, 5.41) is 15.2. The van der Waals surface area contributed by atoms with Crippen molar-refractivity contribution < 1.29 is 0 Å². The molecule has 1 atom stereocenters. The van der Waals surface area contributed by atoms with Gasteiger partial charge in [0.15, 0.2) is 0 Å². The number of benzene rings is 2. The Labute approximate surface area is 135 Å². The molecule has 0 amide bonds. The van der Waals surface area contributed by atoms with Crippen LogP contribution in [0.15, 0.2) is 65.1 Å². The molecule has 3 aromatic rings. The van der Waals surface area contributed by atoms with Crippen LogP contribution >= 0.6 is 15.9 Å². The van der Waals surface area contributed by atoms with E-state index in [1.54, 1.807) is 4.68 Å². The van der Waals surface area contributed by atoms with Crippen molar-refractivity contribution >= 4 is 27.6 Å². The van der Waals surface area contributed by atoms with Gasteiger partial charge in [-0.15, -0.1) is 0 Å². The van der Waals surface area contributed by atoms with Gasteiger partial charge in [-0.2, -0.15) is 4.68 Å². The third kappa shape index (κ3) is 2.31. The summed E-state index contributed by atoms with van der Waals surface area (Å²) in [6.45, 7) is 0. The lowest BCUT2D eigenvalue weighted by Gasteiger charge is -2.23. The smallest absolute Gasteiger partial charge is 0.248 e. The van der Waals surface area contributed by atoms with Gasteiger partial charge >= 0.3 is 0 Å². The lowest BCUT2D eigenvalue weighted by Crippen LogP contribution is -2.20. The molecule has 4 rings (SSSR count). The summed E-state index contributed by atoms with van der Waals surface area (Å²) in [6, 6.07) is 18.3. The van der Waals surface area contributed by atoms with Crippen LogP contribution in [0.25, 0.3) is 5.70 Å². The lowest BCUT2D eigenvalue weighted by atomic mass is 10.0. The summed E-state index contributed by atoms with van der Waals surface area (Å²) in [6.07, 6.45) is 2.14. The van der Waals surface area contributed by atoms with Crippen LogP contribution in [-0.4, -0.2) is 20.2 Å². The first-order chi connectivity index (χ1) is 10.8. The van der Waals surface area contributed by atoms with Crippen molar-refractivity contribution in [3.8, 4) is 0 Å². The third-order valence-corrected chi connectivity index (χ3v) is 4.10. The van der Waals surface area contributed by atoms with Crippen LogP contribution in [-0.2, 0) is 0 Å². The van der Waals surface area contributed by atoms with Gasteiger partial charge in [0.2, 0.25) is 5.95 Å². The predicted octanol–water partition coefficient (Wildman–Crippen LogP) is 3.49. The molecule has 5 nitrogen and oxygen atoms in total. The molecule has 2 heterocycles. The SMILES string of the molecule is Brc1cccc([C@H]2C=C(c3ccccc3)Nc3nnnn32)c1. The molecule has 108 valence electrons. The fourth-order valence-electron chi connectivity index (χ4n) is 2.57. The molecule has 22 heavy (non-hydrogen) atoms. The number of hydrogen-bond acceptors (Lipinski definition) is 4. The van der Waals surface area contributed by atoms with E-state index in [2.05, 4.69) is 67.1 Å². The van der Waals surface area contributed by atoms with E-state index in [-0.39, 0.29) is 6.04 Å². The number of hydrogen-bond donors (Lipinski definition) is 1. The maximum atomic E-state index is 4.11. The number of fused-ring (bicyclic) bond motifs is 1. The number of rotatable bonds is 2. The molecule has 1 aliphatic rings. The fourth-order valence-corrected chi connectivity index (χ4v) is 2.98. The van der Waals surface area contributed by atoms with Crippen molar-refractivity contribution in [2.24, 2.45) is 0 Å². The lowest BCUT2D eigenvalue weighted by molar-refractivity contribution is 0.585. The summed E-state index contributed by atoms with van der Waals surface area (Å²) >= 11 is 3.52. The van der Waals surface area contributed by atoms with Crippen molar-refractivity contribution in [3.63, 3.8) is 0 Å². The van der Waals surface area contributed by atoms with Crippen LogP contribution in [0.5, 0.6) is 0 Å². The Bertz CT molecular complexity index is 841. The zero-order valence-corrected chi connectivity index (χ0v) is 13.1. The molecule has 0 saturated carbocycles. The van der Waals surface area contributed by atoms with Crippen LogP contribution in [0.3, 0.4) is 0 Å². The largest absolute Gasteiger partial charge is 0.323 e. The third-order valence-electron chi connectivity index (χ3n) is 3.60. The van der Waals surface area contributed by atoms with Crippen LogP contribution in [0.2, 0.25) is 0 Å². The molecule has 1 aliphatic heterocycles. The molecule has 6 heteroatoms. The highest BCUT2D eigenvalue weighted by Gasteiger charge is 2.24. The number of anilines is 1. The van der Waals surface area contributed by atoms with Crippen LogP contribution < -0.4 is 5.32 Å². The molecule has 2 aromatic carbocycles. The second-order valence-corrected chi connectivity index (χ2v) is 5.93. The van der Waals surface area contributed by atoms with E-state index in [4.69, 9.17) is 0 Å². The Kier molecular flexibility index (Phi) is 3.23. The molecule has 0 bridgehead atoms. The molecule has 0 radical (unpaired) electrons. The molecular weight excluding hydrogens is 342 g/mol. The topological polar surface area (TPSA) is 55.6 Å². The van der Waals surface area contributed by atoms with Gasteiger partial charge < -0.3 is 5.32 Å². The second kappa shape index (κ2) is 5.38. The quantitative estimate of drug-likeness (QED) is 0.766. The highest BCUT2D eigenvalue weighted by atomic mass is 79.9. The summed E-state index contributed by atoms with van der Waals surface area (Å²) in [4.78, 5) is 0. The molecule has 1 N–H and O–H groups in total. The van der Waals surface area contributed by atoms with E-state index in [1.165, 1.54) is 0 Å². The number of nitrogens with zero attached hydrogens (tertiary/aromatic N) is 4. The van der Waals surface area contributed by atoms with Crippen molar-refractivity contribution in [1.29, 1.82) is 0 Å². The average molecular weight is 354 g/mol. The van der Waals surface area contributed by atoms with E-state index in [0.29, 0.717) is 5.95 Å². The zero-order valence-electron chi connectivity index (χ0n) is 11.5. The van der Waals surface area contributed by atoms with E-state index in [1.807, 2.05) is 30.3 Å². The Hall–Kier alpha value is -2.47. The predicted molar refractivity (Wildman–Crippen MR) is 88.1 cm³/mol. The first-order valence-electron chi connectivity index (χ1n) is 6.89. The Morgan fingerprint density at radius 1 is 1.05 bits per heavy atom. The van der Waals surface area contributed by atoms with Crippen molar-refractivity contribution in [2.75, 3.05) is 5.32 Å². The van der Waals surface area contributed by atoms with Gasteiger partial charge in [-0.05, 0) is 39.8 Å². The van der Waals surface area contributed by atoms with Gasteiger partial charge in [0.1, 0.15) is 6.04 Å². The number of nitrogens with one attached hydrogen (secondary N) is 1. The average Bonchev–Trinajstić information content (AvgIpc) is 3.03. The van der Waals surface area contributed by atoms with Gasteiger partial charge in [-0.25, -0.2) is 0 Å². The van der Waals surface area contributed by atoms with Crippen LogP contribution in [0.4, 0.5) is 5.95 Å². The van der Waals surface area contributed by atoms with Gasteiger partial charge in [-0.3, -0.25) is 0 Å². The van der Waals surface area contributed by atoms with E-state index in [0.717, 1.165) is 21.3 Å². The first-order valence-corrected chi connectivity index (χ1v) is 7.68. The van der Waals surface area contributed by atoms with Gasteiger partial charge in [0, 0.05) is 10.2 Å². The maximum Gasteiger partial charge on any atom is 0.248 e. The molecule has 0 aliphatic carbocycles. The number of tetrazole rings is 1. The summed E-state index contributed by atoms with van der Waals surface area (Å²) in [5.74, 6) is 0.645. The number of aromatic nitrogens is 4. The zero-order chi connectivity index (χ0) is 14.9. The number of halogens is 1. The molecular formula is C16H12BrN5. The van der Waals surface area contributed by atoms with Crippen molar-refractivity contribution in [2.45, 2.75) is 6.04 Å².